The molecular weight excluding hydrogens is 340 g/mol. The number of hydrogen-bond acceptors (Lipinski definition) is 1. The molecule has 0 bridgehead atoms. The molecule has 1 unspecified atom stereocenters. The molecule has 0 spiro atoms. The van der Waals surface area contributed by atoms with E-state index in [9.17, 15) is 0 Å². The lowest BCUT2D eigenvalue weighted by atomic mass is 9.95. The van der Waals surface area contributed by atoms with E-state index in [0.717, 1.165) is 5.02 Å². The minimum atomic E-state index is 0.208. The molecule has 0 fully saturated rings. The van der Waals surface area contributed by atoms with Crippen molar-refractivity contribution in [3.05, 3.63) is 56.2 Å². The van der Waals surface area contributed by atoms with Gasteiger partial charge < -0.3 is 0 Å². The van der Waals surface area contributed by atoms with Crippen molar-refractivity contribution < 1.29 is 0 Å². The van der Waals surface area contributed by atoms with Crippen LogP contribution in [0.2, 0.25) is 5.02 Å². The molecule has 1 aromatic heterocycles. The van der Waals surface area contributed by atoms with Crippen molar-refractivity contribution in [3.8, 4) is 0 Å². The summed E-state index contributed by atoms with van der Waals surface area (Å²) in [7, 11) is 0. The standard InChI is InChI=1S/C16H18BrClS/c1-10-7-11(9-12(18)8-10)15(17)13-5-6-14(19-13)16(2,3)4/h5-9,15H,1-4H3. The first kappa shape index (κ1) is 15.1. The van der Waals surface area contributed by atoms with Gasteiger partial charge in [0, 0.05) is 14.8 Å². The van der Waals surface area contributed by atoms with Gasteiger partial charge in [-0.15, -0.1) is 11.3 Å². The Balaban J connectivity index is 2.33. The second-order valence-corrected chi connectivity index (χ2v) is 8.34. The fourth-order valence-electron chi connectivity index (χ4n) is 1.97. The third kappa shape index (κ3) is 3.62. The number of benzene rings is 1. The van der Waals surface area contributed by atoms with Gasteiger partial charge in [-0.25, -0.2) is 0 Å². The molecule has 2 rings (SSSR count). The zero-order valence-electron chi connectivity index (χ0n) is 11.6. The normalized spacial score (nSPS) is 13.6. The Hall–Kier alpha value is -0.310. The molecule has 1 aromatic carbocycles. The van der Waals surface area contributed by atoms with Crippen LogP contribution in [0.15, 0.2) is 30.3 Å². The lowest BCUT2D eigenvalue weighted by Crippen LogP contribution is -2.07. The highest BCUT2D eigenvalue weighted by Crippen LogP contribution is 2.39. The molecule has 0 N–H and O–H groups in total. The average Bonchev–Trinajstić information content (AvgIpc) is 2.75. The van der Waals surface area contributed by atoms with E-state index >= 15 is 0 Å². The van der Waals surface area contributed by atoms with Gasteiger partial charge in [-0.3, -0.25) is 0 Å². The SMILES string of the molecule is Cc1cc(Cl)cc(C(Br)c2ccc(C(C)(C)C)s2)c1. The minimum absolute atomic E-state index is 0.208. The van der Waals surface area contributed by atoms with Gasteiger partial charge in [0.2, 0.25) is 0 Å². The first-order valence-electron chi connectivity index (χ1n) is 6.29. The van der Waals surface area contributed by atoms with Gasteiger partial charge in [0.25, 0.3) is 0 Å². The molecule has 1 heterocycles. The van der Waals surface area contributed by atoms with Crippen molar-refractivity contribution in [1.82, 2.24) is 0 Å². The summed E-state index contributed by atoms with van der Waals surface area (Å²) in [5, 5.41) is 0.798. The molecule has 102 valence electrons. The zero-order chi connectivity index (χ0) is 14.2. The van der Waals surface area contributed by atoms with Crippen molar-refractivity contribution in [2.75, 3.05) is 0 Å². The van der Waals surface area contributed by atoms with Crippen LogP contribution in [-0.4, -0.2) is 0 Å². The van der Waals surface area contributed by atoms with Crippen molar-refractivity contribution in [1.29, 1.82) is 0 Å². The Kier molecular flexibility index (Phi) is 4.44. The maximum Gasteiger partial charge on any atom is 0.0738 e. The molecule has 0 radical (unpaired) electrons. The first-order chi connectivity index (χ1) is 8.77. The van der Waals surface area contributed by atoms with E-state index in [-0.39, 0.29) is 10.2 Å². The second-order valence-electron chi connectivity index (χ2n) is 5.88. The lowest BCUT2D eigenvalue weighted by Gasteiger charge is -2.16. The summed E-state index contributed by atoms with van der Waals surface area (Å²) in [6.07, 6.45) is 0. The third-order valence-corrected chi connectivity index (χ3v) is 6.09. The molecule has 0 saturated carbocycles. The number of thiophene rings is 1. The summed E-state index contributed by atoms with van der Waals surface area (Å²) in [6.45, 7) is 8.81. The summed E-state index contributed by atoms with van der Waals surface area (Å²) >= 11 is 11.8. The van der Waals surface area contributed by atoms with Crippen LogP contribution in [0.4, 0.5) is 0 Å². The maximum absolute atomic E-state index is 6.14. The van der Waals surface area contributed by atoms with Crippen LogP contribution in [0, 0.1) is 6.92 Å². The molecule has 2 aromatic rings. The van der Waals surface area contributed by atoms with Crippen molar-refractivity contribution in [2.24, 2.45) is 0 Å². The molecular formula is C16H18BrClS. The van der Waals surface area contributed by atoms with E-state index in [1.54, 1.807) is 0 Å². The third-order valence-electron chi connectivity index (χ3n) is 2.97. The molecule has 0 saturated heterocycles. The van der Waals surface area contributed by atoms with Crippen molar-refractivity contribution >= 4 is 38.9 Å². The van der Waals surface area contributed by atoms with Crippen LogP contribution in [0.1, 0.15) is 46.5 Å². The monoisotopic (exact) mass is 356 g/mol. The van der Waals surface area contributed by atoms with Gasteiger partial charge >= 0.3 is 0 Å². The van der Waals surface area contributed by atoms with E-state index in [1.165, 1.54) is 20.9 Å². The average molecular weight is 358 g/mol. The molecule has 0 aliphatic heterocycles. The predicted molar refractivity (Wildman–Crippen MR) is 90.0 cm³/mol. The molecule has 0 aliphatic carbocycles. The summed E-state index contributed by atoms with van der Waals surface area (Å²) in [5.74, 6) is 0. The van der Waals surface area contributed by atoms with Crippen LogP contribution in [0.5, 0.6) is 0 Å². The van der Waals surface area contributed by atoms with Gasteiger partial charge in [0.1, 0.15) is 0 Å². The Morgan fingerprint density at radius 2 is 1.84 bits per heavy atom. The second kappa shape index (κ2) is 5.59. The molecule has 19 heavy (non-hydrogen) atoms. The van der Waals surface area contributed by atoms with E-state index < -0.39 is 0 Å². The van der Waals surface area contributed by atoms with Gasteiger partial charge in [-0.1, -0.05) is 54.4 Å². The largest absolute Gasteiger partial charge is 0.143 e. The van der Waals surface area contributed by atoms with E-state index in [4.69, 9.17) is 11.6 Å². The van der Waals surface area contributed by atoms with Gasteiger partial charge in [-0.05, 0) is 47.7 Å². The highest BCUT2D eigenvalue weighted by molar-refractivity contribution is 9.09. The fourth-order valence-corrected chi connectivity index (χ4v) is 4.03. The highest BCUT2D eigenvalue weighted by atomic mass is 79.9. The van der Waals surface area contributed by atoms with Crippen LogP contribution in [0.3, 0.4) is 0 Å². The summed E-state index contributed by atoms with van der Waals surface area (Å²) in [6, 6.07) is 10.6. The summed E-state index contributed by atoms with van der Waals surface area (Å²) in [4.78, 5) is 2.95. The lowest BCUT2D eigenvalue weighted by molar-refractivity contribution is 0.604. The minimum Gasteiger partial charge on any atom is -0.143 e. The quantitative estimate of drug-likeness (QED) is 0.539. The van der Waals surface area contributed by atoms with Crippen LogP contribution >= 0.6 is 38.9 Å². The molecule has 1 atom stereocenters. The number of halogens is 2. The summed E-state index contributed by atoms with van der Waals surface area (Å²) in [5.41, 5.74) is 2.62. The fraction of sp³-hybridized carbons (Fsp3) is 0.375. The zero-order valence-corrected chi connectivity index (χ0v) is 14.8. The molecule has 0 nitrogen and oxygen atoms in total. The molecule has 0 amide bonds. The molecule has 0 aliphatic rings. The Labute approximate surface area is 132 Å². The van der Waals surface area contributed by atoms with Crippen LogP contribution in [0.25, 0.3) is 0 Å². The number of aryl methyl sites for hydroxylation is 1. The summed E-state index contributed by atoms with van der Waals surface area (Å²) < 4.78 is 0. The number of rotatable bonds is 2. The number of hydrogen-bond donors (Lipinski definition) is 0. The highest BCUT2D eigenvalue weighted by Gasteiger charge is 2.19. The Bertz CT molecular complexity index is 560. The van der Waals surface area contributed by atoms with Gasteiger partial charge in [0.15, 0.2) is 0 Å². The number of alkyl halides is 1. The predicted octanol–water partition coefficient (Wildman–Crippen LogP) is 6.49. The van der Waals surface area contributed by atoms with Crippen LogP contribution < -0.4 is 0 Å². The maximum atomic E-state index is 6.14. The van der Waals surface area contributed by atoms with Gasteiger partial charge in [0.05, 0.1) is 4.83 Å². The van der Waals surface area contributed by atoms with Crippen molar-refractivity contribution in [3.63, 3.8) is 0 Å². The molecule has 3 heteroatoms. The van der Waals surface area contributed by atoms with Crippen LogP contribution in [-0.2, 0) is 5.41 Å². The Morgan fingerprint density at radius 3 is 2.37 bits per heavy atom. The van der Waals surface area contributed by atoms with E-state index in [1.807, 2.05) is 23.5 Å². The van der Waals surface area contributed by atoms with E-state index in [0.29, 0.717) is 0 Å². The van der Waals surface area contributed by atoms with Gasteiger partial charge in [-0.2, -0.15) is 0 Å². The Morgan fingerprint density at radius 1 is 1.16 bits per heavy atom. The topological polar surface area (TPSA) is 0 Å². The van der Waals surface area contributed by atoms with Crippen molar-refractivity contribution in [2.45, 2.75) is 37.9 Å². The first-order valence-corrected chi connectivity index (χ1v) is 8.40. The van der Waals surface area contributed by atoms with E-state index in [2.05, 4.69) is 61.8 Å². The smallest absolute Gasteiger partial charge is 0.0738 e.